The molecular weight excluding hydrogens is 448 g/mol. The number of nitro benzene ring substituents is 1. The van der Waals surface area contributed by atoms with Crippen LogP contribution in [0, 0.1) is 22.0 Å². The standard InChI is InChI=1S/C15H18N2O2.C15H20N2/c18-17(19)14-7-6-13-8-9-16(15(13)10-14)11-12-4-2-1-3-5-12;16-14-7-6-13-8-9-17(15(13)10-14)11-12-4-2-1-3-5-12/h6-10,12H,1-5,11H2;6-10,12H,1-5,11,16H2. The second-order valence-electron chi connectivity index (χ2n) is 10.8. The molecule has 6 heteroatoms. The van der Waals surface area contributed by atoms with Crippen molar-refractivity contribution in [3.05, 3.63) is 71.0 Å². The van der Waals surface area contributed by atoms with Crippen LogP contribution in [0.2, 0.25) is 0 Å². The molecular formula is C30H38N4O2. The Hall–Kier alpha value is -3.28. The third kappa shape index (κ3) is 5.75. The number of hydrogen-bond acceptors (Lipinski definition) is 3. The lowest BCUT2D eigenvalue weighted by Crippen LogP contribution is -2.13. The van der Waals surface area contributed by atoms with Crippen molar-refractivity contribution in [1.29, 1.82) is 0 Å². The van der Waals surface area contributed by atoms with Crippen molar-refractivity contribution < 1.29 is 4.92 Å². The van der Waals surface area contributed by atoms with Crippen molar-refractivity contribution in [2.75, 3.05) is 5.73 Å². The average Bonchev–Trinajstić information content (AvgIpc) is 3.49. The fourth-order valence-electron chi connectivity index (χ4n) is 6.10. The van der Waals surface area contributed by atoms with Gasteiger partial charge in [-0.15, -0.1) is 0 Å². The average molecular weight is 487 g/mol. The van der Waals surface area contributed by atoms with E-state index in [1.807, 2.05) is 18.2 Å². The van der Waals surface area contributed by atoms with Crippen LogP contribution >= 0.6 is 0 Å². The van der Waals surface area contributed by atoms with E-state index in [1.165, 1.54) is 75.1 Å². The third-order valence-electron chi connectivity index (χ3n) is 8.13. The highest BCUT2D eigenvalue weighted by molar-refractivity contribution is 5.83. The van der Waals surface area contributed by atoms with Crippen LogP contribution < -0.4 is 5.73 Å². The molecule has 2 fully saturated rings. The molecule has 6 rings (SSSR count). The minimum absolute atomic E-state index is 0.177. The van der Waals surface area contributed by atoms with Crippen LogP contribution in [0.1, 0.15) is 64.2 Å². The molecule has 0 atom stereocenters. The molecule has 0 unspecified atom stereocenters. The molecule has 36 heavy (non-hydrogen) atoms. The number of anilines is 1. The molecule has 0 saturated heterocycles. The van der Waals surface area contributed by atoms with E-state index in [0.717, 1.165) is 41.5 Å². The van der Waals surface area contributed by atoms with Gasteiger partial charge in [-0.25, -0.2) is 0 Å². The molecule has 0 radical (unpaired) electrons. The SMILES string of the molecule is Nc1ccc2ccn(CC3CCCCC3)c2c1.O=[N+]([O-])c1ccc2ccn(CC3CCCCC3)c2c1. The molecule has 0 bridgehead atoms. The topological polar surface area (TPSA) is 79.0 Å². The smallest absolute Gasteiger partial charge is 0.271 e. The summed E-state index contributed by atoms with van der Waals surface area (Å²) < 4.78 is 4.56. The van der Waals surface area contributed by atoms with Crippen LogP contribution in [0.4, 0.5) is 11.4 Å². The van der Waals surface area contributed by atoms with Crippen molar-refractivity contribution in [2.45, 2.75) is 77.3 Å². The predicted molar refractivity (Wildman–Crippen MR) is 148 cm³/mol. The quantitative estimate of drug-likeness (QED) is 0.177. The van der Waals surface area contributed by atoms with Gasteiger partial charge in [0.2, 0.25) is 0 Å². The summed E-state index contributed by atoms with van der Waals surface area (Å²) in [7, 11) is 0. The zero-order valence-corrected chi connectivity index (χ0v) is 21.1. The second-order valence-corrected chi connectivity index (χ2v) is 10.8. The molecule has 0 amide bonds. The molecule has 2 heterocycles. The lowest BCUT2D eigenvalue weighted by molar-refractivity contribution is -0.384. The van der Waals surface area contributed by atoms with E-state index in [9.17, 15) is 10.1 Å². The van der Waals surface area contributed by atoms with Crippen LogP contribution in [0.15, 0.2) is 60.9 Å². The van der Waals surface area contributed by atoms with E-state index in [2.05, 4.69) is 39.7 Å². The Morgan fingerprint density at radius 1 is 0.722 bits per heavy atom. The first-order valence-electron chi connectivity index (χ1n) is 13.6. The molecule has 2 aromatic heterocycles. The van der Waals surface area contributed by atoms with Crippen LogP contribution in [-0.4, -0.2) is 14.1 Å². The molecule has 4 aromatic rings. The highest BCUT2D eigenvalue weighted by Gasteiger charge is 2.16. The van der Waals surface area contributed by atoms with E-state index in [-0.39, 0.29) is 10.6 Å². The Morgan fingerprint density at radius 2 is 1.22 bits per heavy atom. The second kappa shape index (κ2) is 11.2. The summed E-state index contributed by atoms with van der Waals surface area (Å²) in [5, 5.41) is 13.2. The number of rotatable bonds is 5. The van der Waals surface area contributed by atoms with Gasteiger partial charge in [-0.2, -0.15) is 0 Å². The van der Waals surface area contributed by atoms with E-state index >= 15 is 0 Å². The first-order chi connectivity index (χ1) is 17.6. The van der Waals surface area contributed by atoms with Crippen molar-refractivity contribution in [2.24, 2.45) is 11.8 Å². The lowest BCUT2D eigenvalue weighted by Gasteiger charge is -2.22. The molecule has 2 aliphatic carbocycles. The number of fused-ring (bicyclic) bond motifs is 2. The fourth-order valence-corrected chi connectivity index (χ4v) is 6.10. The van der Waals surface area contributed by atoms with Gasteiger partial charge in [0.25, 0.3) is 5.69 Å². The van der Waals surface area contributed by atoms with Gasteiger partial charge < -0.3 is 14.9 Å². The van der Waals surface area contributed by atoms with Crippen molar-refractivity contribution in [3.63, 3.8) is 0 Å². The van der Waals surface area contributed by atoms with E-state index in [1.54, 1.807) is 12.1 Å². The van der Waals surface area contributed by atoms with Gasteiger partial charge in [-0.3, -0.25) is 10.1 Å². The Balaban J connectivity index is 0.000000149. The minimum atomic E-state index is -0.322. The third-order valence-corrected chi connectivity index (χ3v) is 8.13. The monoisotopic (exact) mass is 486 g/mol. The summed E-state index contributed by atoms with van der Waals surface area (Å²) in [6.45, 7) is 2.15. The van der Waals surface area contributed by atoms with Gasteiger partial charge in [0.05, 0.1) is 16.0 Å². The Bertz CT molecular complexity index is 1310. The summed E-state index contributed by atoms with van der Waals surface area (Å²) >= 11 is 0. The summed E-state index contributed by atoms with van der Waals surface area (Å²) in [5.41, 5.74) is 9.18. The molecule has 2 aromatic carbocycles. The first-order valence-corrected chi connectivity index (χ1v) is 13.6. The highest BCUT2D eigenvalue weighted by atomic mass is 16.6. The first kappa shape index (κ1) is 24.4. The van der Waals surface area contributed by atoms with Crippen LogP contribution in [0.3, 0.4) is 0 Å². The molecule has 190 valence electrons. The van der Waals surface area contributed by atoms with Gasteiger partial charge in [0, 0.05) is 48.7 Å². The number of nitrogens with zero attached hydrogens (tertiary/aromatic N) is 3. The molecule has 2 N–H and O–H groups in total. The van der Waals surface area contributed by atoms with Gasteiger partial charge in [0.1, 0.15) is 0 Å². The largest absolute Gasteiger partial charge is 0.399 e. The summed E-state index contributed by atoms with van der Waals surface area (Å²) in [5.74, 6) is 1.59. The van der Waals surface area contributed by atoms with Gasteiger partial charge in [0.15, 0.2) is 0 Å². The lowest BCUT2D eigenvalue weighted by atomic mass is 9.89. The normalized spacial score (nSPS) is 17.2. The summed E-state index contributed by atoms with van der Waals surface area (Å²) in [4.78, 5) is 10.5. The Labute approximate surface area is 213 Å². The molecule has 2 aliphatic rings. The predicted octanol–water partition coefficient (Wildman–Crippen LogP) is 7.93. The highest BCUT2D eigenvalue weighted by Crippen LogP contribution is 2.29. The number of benzene rings is 2. The maximum absolute atomic E-state index is 10.9. The Kier molecular flexibility index (Phi) is 7.59. The van der Waals surface area contributed by atoms with Crippen LogP contribution in [0.5, 0.6) is 0 Å². The zero-order chi connectivity index (χ0) is 24.9. The zero-order valence-electron chi connectivity index (χ0n) is 21.1. The van der Waals surface area contributed by atoms with E-state index < -0.39 is 0 Å². The minimum Gasteiger partial charge on any atom is -0.399 e. The van der Waals surface area contributed by atoms with Crippen LogP contribution in [-0.2, 0) is 13.1 Å². The molecule has 0 spiro atoms. The summed E-state index contributed by atoms with van der Waals surface area (Å²) in [6.07, 6.45) is 17.9. The Morgan fingerprint density at radius 3 is 1.75 bits per heavy atom. The van der Waals surface area contributed by atoms with E-state index in [0.29, 0.717) is 0 Å². The van der Waals surface area contributed by atoms with Crippen LogP contribution in [0.25, 0.3) is 21.8 Å². The molecule has 0 aliphatic heterocycles. The molecule has 2 saturated carbocycles. The van der Waals surface area contributed by atoms with Crippen molar-refractivity contribution in [1.82, 2.24) is 9.13 Å². The number of nitrogen functional groups attached to an aromatic ring is 1. The maximum atomic E-state index is 10.9. The number of nitro groups is 1. The van der Waals surface area contributed by atoms with Crippen molar-refractivity contribution in [3.8, 4) is 0 Å². The van der Waals surface area contributed by atoms with Gasteiger partial charge >= 0.3 is 0 Å². The number of hydrogen-bond donors (Lipinski definition) is 1. The number of aromatic nitrogens is 2. The maximum Gasteiger partial charge on any atom is 0.271 e. The molecule has 6 nitrogen and oxygen atoms in total. The number of non-ortho nitro benzene ring substituents is 1. The summed E-state index contributed by atoms with van der Waals surface area (Å²) in [6, 6.07) is 15.5. The number of nitrogens with two attached hydrogens (primary N) is 1. The van der Waals surface area contributed by atoms with Gasteiger partial charge in [-0.1, -0.05) is 44.6 Å². The van der Waals surface area contributed by atoms with E-state index in [4.69, 9.17) is 5.73 Å². The van der Waals surface area contributed by atoms with Gasteiger partial charge in [-0.05, 0) is 73.2 Å². The fraction of sp³-hybridized carbons (Fsp3) is 0.467. The van der Waals surface area contributed by atoms with Crippen molar-refractivity contribution >= 4 is 33.2 Å².